The zero-order chi connectivity index (χ0) is 56.8. The number of nitrogens with zero attached hydrogens (tertiary/aromatic N) is 9. The number of rotatable bonds is 19. The number of thiazole rings is 1. The van der Waals surface area contributed by atoms with E-state index in [0.29, 0.717) is 74.6 Å². The Morgan fingerprint density at radius 1 is 0.900 bits per heavy atom. The molecule has 4 aliphatic rings. The minimum atomic E-state index is -2.70. The Morgan fingerprint density at radius 2 is 1.62 bits per heavy atom. The van der Waals surface area contributed by atoms with Gasteiger partial charge in [0.1, 0.15) is 12.1 Å². The minimum absolute atomic E-state index is 0.00681. The number of aryl methyl sites for hydroxylation is 3. The monoisotopic (exact) mass is 1120 g/mol. The van der Waals surface area contributed by atoms with Crippen molar-refractivity contribution in [2.75, 3.05) is 44.7 Å². The van der Waals surface area contributed by atoms with E-state index in [0.717, 1.165) is 96.3 Å². The number of halogens is 2. The van der Waals surface area contributed by atoms with Crippen molar-refractivity contribution >= 4 is 52.5 Å². The van der Waals surface area contributed by atoms with Gasteiger partial charge in [0, 0.05) is 113 Å². The third kappa shape index (κ3) is 13.2. The maximum atomic E-state index is 14.8. The number of piperidine rings is 1. The average Bonchev–Trinajstić information content (AvgIpc) is 4.43. The molecular formula is C59H78F2N12O6S. The lowest BCUT2D eigenvalue weighted by Crippen LogP contribution is -2.57. The van der Waals surface area contributed by atoms with Crippen molar-refractivity contribution in [3.8, 4) is 21.6 Å². The second-order valence-electron chi connectivity index (χ2n) is 23.1. The molecule has 5 aromatic rings. The number of carbonyl (C=O) groups is 5. The van der Waals surface area contributed by atoms with Crippen LogP contribution in [0.25, 0.3) is 21.6 Å². The van der Waals surface area contributed by atoms with E-state index < -0.39 is 30.0 Å². The molecule has 0 spiro atoms. The van der Waals surface area contributed by atoms with E-state index in [2.05, 4.69) is 35.6 Å². The van der Waals surface area contributed by atoms with Crippen LogP contribution >= 0.6 is 11.3 Å². The van der Waals surface area contributed by atoms with Crippen LogP contribution in [0, 0.1) is 12.3 Å². The highest BCUT2D eigenvalue weighted by atomic mass is 32.1. The van der Waals surface area contributed by atoms with E-state index in [1.54, 1.807) is 53.5 Å². The molecule has 0 radical (unpaired) electrons. The van der Waals surface area contributed by atoms with Gasteiger partial charge >= 0.3 is 6.03 Å². The highest BCUT2D eigenvalue weighted by molar-refractivity contribution is 7.13. The molecule has 80 heavy (non-hydrogen) atoms. The van der Waals surface area contributed by atoms with E-state index in [-0.39, 0.29) is 67.2 Å². The molecular weight excluding hydrogens is 1040 g/mol. The van der Waals surface area contributed by atoms with Crippen LogP contribution in [0.3, 0.4) is 0 Å². The number of aromatic nitrogens is 5. The molecule has 9 rings (SSSR count). The van der Waals surface area contributed by atoms with Crippen molar-refractivity contribution in [2.45, 2.75) is 161 Å². The maximum Gasteiger partial charge on any atom is 0.317 e. The van der Waals surface area contributed by atoms with E-state index >= 15 is 0 Å². The highest BCUT2D eigenvalue weighted by Gasteiger charge is 2.45. The van der Waals surface area contributed by atoms with E-state index in [9.17, 15) is 37.9 Å². The van der Waals surface area contributed by atoms with Crippen LogP contribution in [0.1, 0.15) is 144 Å². The first-order chi connectivity index (χ1) is 38.4. The van der Waals surface area contributed by atoms with Gasteiger partial charge in [-0.2, -0.15) is 10.2 Å². The number of β-amino-alcohol motifs (C(OH)–C–C–N with tert-alkyl or cyclic N) is 1. The Morgan fingerprint density at radius 3 is 2.29 bits per heavy atom. The molecule has 0 unspecified atom stereocenters. The molecule has 430 valence electrons. The van der Waals surface area contributed by atoms with Crippen molar-refractivity contribution in [1.82, 2.24) is 55.2 Å². The zero-order valence-electron chi connectivity index (χ0n) is 47.1. The number of nitrogens with one attached hydrogen (secondary N) is 3. The number of likely N-dealkylation sites (tertiary alicyclic amines) is 2. The summed E-state index contributed by atoms with van der Waals surface area (Å²) in [6.07, 6.45) is 9.21. The molecule has 0 aliphatic carbocycles. The first-order valence-corrected chi connectivity index (χ1v) is 29.4. The van der Waals surface area contributed by atoms with Gasteiger partial charge in [-0.05, 0) is 85.3 Å². The number of alkyl halides is 2. The Bertz CT molecular complexity index is 3020. The van der Waals surface area contributed by atoms with Crippen molar-refractivity contribution in [3.05, 3.63) is 87.9 Å². The van der Waals surface area contributed by atoms with Gasteiger partial charge in [-0.1, -0.05) is 70.7 Å². The SMILES string of the molecule is CNC(=O)N1CCc2c(c(N3CCCc4cc(-c5cnn(C)c5)c(C(F)F)cc43)nn2C2CCN(C(=O)CCCCCCCCC(=O)N[C@H](C(=O)N3C[C@H](O)C[C@H]3C(=O)NCc3ccc(-c4scnc4C)cc3)C(C)(C)C)CC2)C1. The van der Waals surface area contributed by atoms with Gasteiger partial charge in [0.15, 0.2) is 5.82 Å². The quantitative estimate of drug-likeness (QED) is 0.0581. The second-order valence-corrected chi connectivity index (χ2v) is 24.0. The number of fused-ring (bicyclic) bond motifs is 2. The number of aliphatic hydroxyl groups is 1. The predicted molar refractivity (Wildman–Crippen MR) is 303 cm³/mol. The number of benzene rings is 2. The first-order valence-electron chi connectivity index (χ1n) is 28.5. The summed E-state index contributed by atoms with van der Waals surface area (Å²) < 4.78 is 33.3. The topological polar surface area (TPSA) is 203 Å². The van der Waals surface area contributed by atoms with Crippen LogP contribution in [0.4, 0.5) is 25.1 Å². The van der Waals surface area contributed by atoms with E-state index in [1.165, 1.54) is 4.90 Å². The van der Waals surface area contributed by atoms with Crippen molar-refractivity contribution < 1.29 is 37.9 Å². The summed E-state index contributed by atoms with van der Waals surface area (Å²) >= 11 is 1.57. The molecule has 4 N–H and O–H groups in total. The van der Waals surface area contributed by atoms with E-state index in [4.69, 9.17) is 5.10 Å². The number of hydrogen-bond donors (Lipinski definition) is 4. The Labute approximate surface area is 471 Å². The third-order valence-corrected chi connectivity index (χ3v) is 17.3. The van der Waals surface area contributed by atoms with Gasteiger partial charge in [-0.15, -0.1) is 11.3 Å². The standard InChI is InChI=1S/C59H78F2N12O6S/c1-37-52(80-36-64-37)39-19-17-38(18-20-39)31-63-56(77)49-29-43(74)34-72(49)57(78)53(59(2,3)4)66-50(75)15-11-9-7-8-10-12-16-51(76)69-25-21-42(22-26-69)73-47-23-27-70(58(79)62-5)35-46(47)55(67-73)71-24-13-14-40-28-44(41-32-65-68(6)33-41)45(54(60)61)30-48(40)71/h17-20,28,30,32-33,36,42-43,49,53-54,74H,7-16,21-27,29,31,34-35H2,1-6H3,(H,62,79)(H,63,77)(H,66,75)/t43-,49+,53-/m1/s1. The summed E-state index contributed by atoms with van der Waals surface area (Å²) in [5.74, 6) is -0.144. The fourth-order valence-corrected chi connectivity index (χ4v) is 12.8. The molecule has 2 aromatic carbocycles. The number of amides is 6. The normalized spacial score (nSPS) is 18.1. The van der Waals surface area contributed by atoms with Crippen LogP contribution in [-0.2, 0) is 52.2 Å². The second kappa shape index (κ2) is 25.4. The molecule has 7 heterocycles. The van der Waals surface area contributed by atoms with Crippen LogP contribution < -0.4 is 20.9 Å². The minimum Gasteiger partial charge on any atom is -0.391 e. The van der Waals surface area contributed by atoms with Gasteiger partial charge < -0.3 is 40.7 Å². The van der Waals surface area contributed by atoms with Crippen molar-refractivity contribution in [3.63, 3.8) is 0 Å². The maximum absolute atomic E-state index is 14.8. The molecule has 4 aliphatic heterocycles. The summed E-state index contributed by atoms with van der Waals surface area (Å²) in [5.41, 5.74) is 8.80. The average molecular weight is 1120 g/mol. The Balaban J connectivity index is 0.717. The predicted octanol–water partition coefficient (Wildman–Crippen LogP) is 8.53. The van der Waals surface area contributed by atoms with Crippen LogP contribution in [0.2, 0.25) is 0 Å². The fourth-order valence-electron chi connectivity index (χ4n) is 11.9. The van der Waals surface area contributed by atoms with Gasteiger partial charge in [0.25, 0.3) is 6.43 Å². The van der Waals surface area contributed by atoms with Crippen molar-refractivity contribution in [2.24, 2.45) is 12.5 Å². The molecule has 0 saturated carbocycles. The fraction of sp³-hybridized carbons (Fsp3) is 0.559. The van der Waals surface area contributed by atoms with Gasteiger partial charge in [-0.25, -0.2) is 18.6 Å². The molecule has 2 fully saturated rings. The van der Waals surface area contributed by atoms with Gasteiger partial charge in [0.05, 0.1) is 41.0 Å². The summed E-state index contributed by atoms with van der Waals surface area (Å²) in [5, 5.41) is 28.8. The summed E-state index contributed by atoms with van der Waals surface area (Å²) in [6.45, 7) is 10.5. The lowest BCUT2D eigenvalue weighted by atomic mass is 9.85. The lowest BCUT2D eigenvalue weighted by Gasteiger charge is -2.35. The third-order valence-electron chi connectivity index (χ3n) is 16.4. The number of carbonyl (C=O) groups excluding carboxylic acids is 5. The van der Waals surface area contributed by atoms with Crippen LogP contribution in [-0.4, -0.2) is 132 Å². The van der Waals surface area contributed by atoms with Gasteiger partial charge in [0.2, 0.25) is 23.6 Å². The highest BCUT2D eigenvalue weighted by Crippen LogP contribution is 2.44. The number of aliphatic hydroxyl groups excluding tert-OH is 1. The van der Waals surface area contributed by atoms with Gasteiger partial charge in [-0.3, -0.25) is 28.5 Å². The number of urea groups is 1. The Kier molecular flexibility index (Phi) is 18.4. The largest absolute Gasteiger partial charge is 0.391 e. The zero-order valence-corrected chi connectivity index (χ0v) is 47.9. The molecule has 21 heteroatoms. The summed E-state index contributed by atoms with van der Waals surface area (Å²) in [7, 11) is 3.38. The van der Waals surface area contributed by atoms with E-state index in [1.807, 2.05) is 68.4 Å². The first kappa shape index (κ1) is 57.9. The van der Waals surface area contributed by atoms with Crippen LogP contribution in [0.5, 0.6) is 0 Å². The summed E-state index contributed by atoms with van der Waals surface area (Å²) in [4.78, 5) is 80.1. The van der Waals surface area contributed by atoms with Crippen molar-refractivity contribution in [1.29, 1.82) is 0 Å². The number of hydrogen-bond acceptors (Lipinski definition) is 11. The molecule has 2 saturated heterocycles. The molecule has 3 atom stereocenters. The smallest absolute Gasteiger partial charge is 0.317 e. The molecule has 3 aromatic heterocycles. The number of unbranched alkanes of at least 4 members (excludes halogenated alkanes) is 5. The molecule has 6 amide bonds. The van der Waals surface area contributed by atoms with Crippen LogP contribution in [0.15, 0.2) is 54.3 Å². The molecule has 0 bridgehead atoms. The Hall–Kier alpha value is -6.74. The number of anilines is 2. The lowest BCUT2D eigenvalue weighted by molar-refractivity contribution is -0.144. The molecule has 18 nitrogen and oxygen atoms in total. The summed E-state index contributed by atoms with van der Waals surface area (Å²) in [6, 6.07) is 9.50.